The first kappa shape index (κ1) is 20.6. The molecule has 0 radical (unpaired) electrons. The van der Waals surface area contributed by atoms with Crippen LogP contribution in [0.1, 0.15) is 32.1 Å². The van der Waals surface area contributed by atoms with Gasteiger partial charge in [-0.2, -0.15) is 13.8 Å². The summed E-state index contributed by atoms with van der Waals surface area (Å²) in [6, 6.07) is 1.26. The molecule has 2 bridgehead atoms. The van der Waals surface area contributed by atoms with Crippen LogP contribution >= 0.6 is 0 Å². The molecule has 2 aromatic heterocycles. The number of nitrogens with zero attached hydrogens (tertiary/aromatic N) is 4. The van der Waals surface area contributed by atoms with Crippen LogP contribution in [0.3, 0.4) is 0 Å². The first-order chi connectivity index (χ1) is 14.6. The summed E-state index contributed by atoms with van der Waals surface area (Å²) in [5.41, 5.74) is -0.582. The van der Waals surface area contributed by atoms with Crippen molar-refractivity contribution in [1.29, 1.82) is 0 Å². The summed E-state index contributed by atoms with van der Waals surface area (Å²) in [6.07, 6.45) is 6.39. The number of nitrogens with one attached hydrogen (secondary N) is 1. The van der Waals surface area contributed by atoms with E-state index in [4.69, 9.17) is 0 Å². The van der Waals surface area contributed by atoms with Gasteiger partial charge in [0.15, 0.2) is 5.75 Å². The predicted molar refractivity (Wildman–Crippen MR) is 109 cm³/mol. The topological polar surface area (TPSA) is 106 Å². The van der Waals surface area contributed by atoms with Crippen molar-refractivity contribution in [2.24, 2.45) is 5.92 Å². The largest absolute Gasteiger partial charge is 0.429 e. The normalized spacial score (nSPS) is 26.5. The monoisotopic (exact) mass is 455 g/mol. The molecule has 0 atom stereocenters. The van der Waals surface area contributed by atoms with E-state index in [1.807, 2.05) is 0 Å². The van der Waals surface area contributed by atoms with Crippen LogP contribution in [0.15, 0.2) is 17.1 Å². The Labute approximate surface area is 177 Å². The van der Waals surface area contributed by atoms with Gasteiger partial charge < -0.3 is 10.1 Å². The van der Waals surface area contributed by atoms with E-state index in [1.165, 1.54) is 27.4 Å². The van der Waals surface area contributed by atoms with Gasteiger partial charge in [-0.1, -0.05) is 0 Å². The smallest absolute Gasteiger partial charge is 0.387 e. The number of halogens is 2. The minimum absolute atomic E-state index is 0.00740. The molecule has 3 aliphatic carbocycles. The van der Waals surface area contributed by atoms with Gasteiger partial charge in [0, 0.05) is 30.7 Å². The molecule has 3 saturated carbocycles. The summed E-state index contributed by atoms with van der Waals surface area (Å²) in [4.78, 5) is 21.8. The van der Waals surface area contributed by atoms with Gasteiger partial charge in [-0.3, -0.25) is 9.36 Å². The first-order valence-corrected chi connectivity index (χ1v) is 12.1. The van der Waals surface area contributed by atoms with Crippen molar-refractivity contribution in [1.82, 2.24) is 18.8 Å². The van der Waals surface area contributed by atoms with E-state index >= 15 is 0 Å². The van der Waals surface area contributed by atoms with Gasteiger partial charge in [-0.15, -0.1) is 0 Å². The summed E-state index contributed by atoms with van der Waals surface area (Å²) >= 11 is 0. The molecule has 1 N–H and O–H groups in total. The molecular weight excluding hydrogens is 432 g/mol. The maximum absolute atomic E-state index is 13.0. The van der Waals surface area contributed by atoms with E-state index in [9.17, 15) is 22.0 Å². The zero-order valence-electron chi connectivity index (χ0n) is 16.9. The van der Waals surface area contributed by atoms with Crippen LogP contribution in [0.4, 0.5) is 14.7 Å². The zero-order chi connectivity index (χ0) is 22.0. The molecule has 6 rings (SSSR count). The maximum atomic E-state index is 13.0. The highest BCUT2D eigenvalue weighted by Crippen LogP contribution is 2.62. The Morgan fingerprint density at radius 3 is 2.48 bits per heavy atom. The Kier molecular flexibility index (Phi) is 4.70. The Balaban J connectivity index is 1.45. The number of hydrogen-bond acceptors (Lipinski definition) is 7. The van der Waals surface area contributed by atoms with Crippen LogP contribution in [0.2, 0.25) is 0 Å². The number of ether oxygens (including phenoxy) is 1. The second-order valence-corrected chi connectivity index (χ2v) is 10.8. The van der Waals surface area contributed by atoms with E-state index in [0.717, 1.165) is 19.3 Å². The highest BCUT2D eigenvalue weighted by Gasteiger charge is 2.59. The fraction of sp³-hybridized carbons (Fsp3) is 0.632. The van der Waals surface area contributed by atoms with E-state index < -0.39 is 27.9 Å². The minimum Gasteiger partial charge on any atom is -0.429 e. The third kappa shape index (κ3) is 3.55. The number of fused-ring (bicyclic) bond motifs is 1. The molecule has 4 aliphatic rings. The van der Waals surface area contributed by atoms with E-state index in [0.29, 0.717) is 48.8 Å². The van der Waals surface area contributed by atoms with Crippen molar-refractivity contribution >= 4 is 27.0 Å². The van der Waals surface area contributed by atoms with Gasteiger partial charge >= 0.3 is 6.61 Å². The Bertz CT molecular complexity index is 1180. The number of pyridine rings is 1. The number of rotatable bonds is 6. The van der Waals surface area contributed by atoms with Gasteiger partial charge in [-0.05, 0) is 44.1 Å². The maximum Gasteiger partial charge on any atom is 0.387 e. The van der Waals surface area contributed by atoms with Crippen LogP contribution in [-0.2, 0) is 15.6 Å². The molecular formula is C19H23F2N5O4S. The average molecular weight is 455 g/mol. The number of anilines is 1. The summed E-state index contributed by atoms with van der Waals surface area (Å²) in [5, 5.41) is 3.68. The van der Waals surface area contributed by atoms with Gasteiger partial charge in [-0.25, -0.2) is 17.7 Å². The molecule has 1 aliphatic heterocycles. The molecule has 9 nitrogen and oxygen atoms in total. The molecule has 3 heterocycles. The Morgan fingerprint density at radius 2 is 1.94 bits per heavy atom. The lowest BCUT2D eigenvalue weighted by Crippen LogP contribution is -2.62. The fourth-order valence-electron chi connectivity index (χ4n) is 4.98. The summed E-state index contributed by atoms with van der Waals surface area (Å²) < 4.78 is 56.4. The van der Waals surface area contributed by atoms with Crippen LogP contribution in [0.5, 0.6) is 5.75 Å². The number of aromatic nitrogens is 3. The highest BCUT2D eigenvalue weighted by molar-refractivity contribution is 7.88. The molecule has 0 amide bonds. The zero-order valence-corrected chi connectivity index (χ0v) is 17.7. The van der Waals surface area contributed by atoms with Crippen LogP contribution in [-0.4, -0.2) is 59.3 Å². The third-order valence-corrected chi connectivity index (χ3v) is 7.96. The highest BCUT2D eigenvalue weighted by atomic mass is 32.2. The SMILES string of the molecule is CS(=O)(=O)N1CCC(Nc2ncc3cc(OC(F)F)c(=O)n(C45CC(C4)C5)c3n2)CC1. The lowest BCUT2D eigenvalue weighted by atomic mass is 9.49. The number of alkyl halides is 2. The van der Waals surface area contributed by atoms with Crippen molar-refractivity contribution in [2.45, 2.75) is 50.3 Å². The second-order valence-electron chi connectivity index (χ2n) is 8.78. The standard InChI is InChI=1S/C19H23F2N5O4S/c1-31(28,29)25-4-2-13(3-5-25)23-18-22-10-12-6-14(30-17(20)21)16(27)26(15(12)24-18)19-7-11(8-19)9-19/h6,10-11,13,17H,2-5,7-9H2,1H3,(H,22,23,24). The van der Waals surface area contributed by atoms with Crippen LogP contribution < -0.4 is 15.6 Å². The van der Waals surface area contributed by atoms with E-state index in [2.05, 4.69) is 20.0 Å². The molecule has 2 aromatic rings. The quantitative estimate of drug-likeness (QED) is 0.707. The lowest BCUT2D eigenvalue weighted by Gasteiger charge is -2.62. The molecule has 31 heavy (non-hydrogen) atoms. The number of piperidine rings is 1. The summed E-state index contributed by atoms with van der Waals surface area (Å²) in [7, 11) is -3.21. The molecule has 12 heteroatoms. The molecule has 0 unspecified atom stereocenters. The van der Waals surface area contributed by atoms with Gasteiger partial charge in [0.2, 0.25) is 16.0 Å². The molecule has 168 valence electrons. The van der Waals surface area contributed by atoms with Crippen molar-refractivity contribution in [2.75, 3.05) is 24.7 Å². The van der Waals surface area contributed by atoms with Gasteiger partial charge in [0.05, 0.1) is 11.8 Å². The fourth-order valence-corrected chi connectivity index (χ4v) is 5.86. The van der Waals surface area contributed by atoms with E-state index in [-0.39, 0.29) is 11.6 Å². The molecule has 0 spiro atoms. The van der Waals surface area contributed by atoms with Crippen molar-refractivity contribution in [3.05, 3.63) is 22.6 Å². The van der Waals surface area contributed by atoms with Crippen molar-refractivity contribution < 1.29 is 21.9 Å². The van der Waals surface area contributed by atoms with Crippen LogP contribution in [0, 0.1) is 5.92 Å². The molecule has 0 aromatic carbocycles. The third-order valence-electron chi connectivity index (χ3n) is 6.66. The second kappa shape index (κ2) is 7.09. The Hall–Kier alpha value is -2.34. The predicted octanol–water partition coefficient (Wildman–Crippen LogP) is 1.74. The molecule has 4 fully saturated rings. The van der Waals surface area contributed by atoms with Gasteiger partial charge in [0.25, 0.3) is 5.56 Å². The first-order valence-electron chi connectivity index (χ1n) is 10.2. The van der Waals surface area contributed by atoms with Crippen molar-refractivity contribution in [3.8, 4) is 5.75 Å². The van der Waals surface area contributed by atoms with Crippen LogP contribution in [0.25, 0.3) is 11.0 Å². The average Bonchev–Trinajstić information content (AvgIpc) is 2.62. The Morgan fingerprint density at radius 1 is 1.26 bits per heavy atom. The number of hydrogen-bond donors (Lipinski definition) is 1. The summed E-state index contributed by atoms with van der Waals surface area (Å²) in [6.45, 7) is -2.27. The van der Waals surface area contributed by atoms with E-state index in [1.54, 1.807) is 0 Å². The minimum atomic E-state index is -3.21. The lowest BCUT2D eigenvalue weighted by molar-refractivity contribution is -0.0908. The van der Waals surface area contributed by atoms with Crippen molar-refractivity contribution in [3.63, 3.8) is 0 Å². The number of sulfonamides is 1. The molecule has 1 saturated heterocycles. The van der Waals surface area contributed by atoms with Gasteiger partial charge in [0.1, 0.15) is 5.65 Å². The summed E-state index contributed by atoms with van der Waals surface area (Å²) in [5.74, 6) is 0.498.